The molecule has 3 rings (SSSR count). The van der Waals surface area contributed by atoms with E-state index in [0.29, 0.717) is 28.5 Å². The SMILES string of the molecule is CCc1ccc(C(=O)Nc2ccc([C@H]3NC(=S)N(C)C(C)=C3C(=O)OCCOC)cc2)cc1. The normalized spacial score (nSPS) is 15.8. The van der Waals surface area contributed by atoms with Gasteiger partial charge in [0.25, 0.3) is 5.91 Å². The Labute approximate surface area is 199 Å². The standard InChI is InChI=1S/C25H29N3O4S/c1-5-17-6-8-19(9-7-17)23(29)26-20-12-10-18(11-13-20)22-21(24(30)32-15-14-31-4)16(2)28(3)25(33)27-22/h6-13,22H,5,14-15H2,1-4H3,(H,26,29)(H,27,33)/t22-/m1/s1. The number of carbonyl (C=O) groups excluding carboxylic acids is 2. The van der Waals surface area contributed by atoms with Gasteiger partial charge in [0.1, 0.15) is 6.61 Å². The fraction of sp³-hybridized carbons (Fsp3) is 0.320. The molecule has 2 aromatic rings. The number of ether oxygens (including phenoxy) is 2. The molecule has 2 aromatic carbocycles. The molecule has 7 nitrogen and oxygen atoms in total. The van der Waals surface area contributed by atoms with Gasteiger partial charge in [-0.15, -0.1) is 0 Å². The summed E-state index contributed by atoms with van der Waals surface area (Å²) in [6.07, 6.45) is 0.924. The van der Waals surface area contributed by atoms with Crippen molar-refractivity contribution in [3.05, 3.63) is 76.5 Å². The van der Waals surface area contributed by atoms with Crippen molar-refractivity contribution in [2.75, 3.05) is 32.7 Å². The Bertz CT molecular complexity index is 1050. The van der Waals surface area contributed by atoms with E-state index < -0.39 is 12.0 Å². The van der Waals surface area contributed by atoms with Crippen LogP contribution in [0, 0.1) is 0 Å². The van der Waals surface area contributed by atoms with Crippen LogP contribution in [0.1, 0.15) is 41.4 Å². The van der Waals surface area contributed by atoms with Crippen LogP contribution in [0.3, 0.4) is 0 Å². The molecule has 0 radical (unpaired) electrons. The Morgan fingerprint density at radius 1 is 1.09 bits per heavy atom. The number of carbonyl (C=O) groups is 2. The molecule has 0 saturated carbocycles. The molecule has 0 unspecified atom stereocenters. The Balaban J connectivity index is 1.78. The quantitative estimate of drug-likeness (QED) is 0.347. The molecule has 1 amide bonds. The summed E-state index contributed by atoms with van der Waals surface area (Å²) in [5, 5.41) is 6.63. The first-order valence-corrected chi connectivity index (χ1v) is 11.2. The smallest absolute Gasteiger partial charge is 0.338 e. The van der Waals surface area contributed by atoms with Gasteiger partial charge < -0.3 is 25.0 Å². The number of rotatable bonds is 8. The molecule has 8 heteroatoms. The highest BCUT2D eigenvalue weighted by Crippen LogP contribution is 2.31. The fourth-order valence-corrected chi connectivity index (χ4v) is 3.75. The molecule has 2 N–H and O–H groups in total. The zero-order valence-corrected chi connectivity index (χ0v) is 20.1. The van der Waals surface area contributed by atoms with Gasteiger partial charge in [-0.3, -0.25) is 4.79 Å². The molecule has 1 heterocycles. The highest BCUT2D eigenvalue weighted by Gasteiger charge is 2.33. The molecule has 0 bridgehead atoms. The van der Waals surface area contributed by atoms with E-state index in [1.54, 1.807) is 31.2 Å². The lowest BCUT2D eigenvalue weighted by molar-refractivity contribution is -0.140. The summed E-state index contributed by atoms with van der Waals surface area (Å²) in [4.78, 5) is 27.1. The molecule has 0 aliphatic carbocycles. The summed E-state index contributed by atoms with van der Waals surface area (Å²) in [5.74, 6) is -0.605. The van der Waals surface area contributed by atoms with E-state index in [2.05, 4.69) is 17.6 Å². The van der Waals surface area contributed by atoms with Crippen molar-refractivity contribution in [2.24, 2.45) is 0 Å². The summed E-state index contributed by atoms with van der Waals surface area (Å²) in [6.45, 7) is 4.40. The van der Waals surface area contributed by atoms with Crippen LogP contribution in [0.2, 0.25) is 0 Å². The monoisotopic (exact) mass is 467 g/mol. The molecule has 1 aliphatic heterocycles. The first-order chi connectivity index (χ1) is 15.8. The molecule has 0 aromatic heterocycles. The minimum absolute atomic E-state index is 0.164. The zero-order valence-electron chi connectivity index (χ0n) is 19.3. The van der Waals surface area contributed by atoms with Gasteiger partial charge in [-0.05, 0) is 61.0 Å². The third kappa shape index (κ3) is 5.77. The first kappa shape index (κ1) is 24.4. The lowest BCUT2D eigenvalue weighted by Gasteiger charge is -2.35. The Kier molecular flexibility index (Phi) is 8.19. The van der Waals surface area contributed by atoms with Gasteiger partial charge in [0, 0.05) is 31.1 Å². The third-order valence-electron chi connectivity index (χ3n) is 5.62. The molecule has 33 heavy (non-hydrogen) atoms. The summed E-state index contributed by atoms with van der Waals surface area (Å²) >= 11 is 5.43. The second-order valence-electron chi connectivity index (χ2n) is 7.70. The Morgan fingerprint density at radius 3 is 2.36 bits per heavy atom. The topological polar surface area (TPSA) is 79.9 Å². The third-order valence-corrected chi connectivity index (χ3v) is 6.01. The van der Waals surface area contributed by atoms with E-state index in [-0.39, 0.29) is 12.5 Å². The van der Waals surface area contributed by atoms with Gasteiger partial charge in [0.2, 0.25) is 0 Å². The lowest BCUT2D eigenvalue weighted by Crippen LogP contribution is -2.46. The van der Waals surface area contributed by atoms with Gasteiger partial charge >= 0.3 is 5.97 Å². The number of nitrogens with zero attached hydrogens (tertiary/aromatic N) is 1. The van der Waals surface area contributed by atoms with Crippen LogP contribution in [0.25, 0.3) is 0 Å². The van der Waals surface area contributed by atoms with E-state index in [9.17, 15) is 9.59 Å². The highest BCUT2D eigenvalue weighted by atomic mass is 32.1. The number of hydrogen-bond acceptors (Lipinski definition) is 5. The molecular weight excluding hydrogens is 438 g/mol. The van der Waals surface area contributed by atoms with Gasteiger partial charge in [-0.1, -0.05) is 31.2 Å². The second-order valence-corrected chi connectivity index (χ2v) is 8.08. The van der Waals surface area contributed by atoms with Crippen LogP contribution >= 0.6 is 12.2 Å². The average molecular weight is 468 g/mol. The van der Waals surface area contributed by atoms with E-state index in [1.807, 2.05) is 43.3 Å². The van der Waals surface area contributed by atoms with Crippen molar-refractivity contribution in [1.29, 1.82) is 0 Å². The van der Waals surface area contributed by atoms with Crippen molar-refractivity contribution < 1.29 is 19.1 Å². The lowest BCUT2D eigenvalue weighted by atomic mass is 9.95. The Hall–Kier alpha value is -3.23. The number of amides is 1. The van der Waals surface area contributed by atoms with Crippen molar-refractivity contribution >= 4 is 34.9 Å². The average Bonchev–Trinajstić information content (AvgIpc) is 2.83. The van der Waals surface area contributed by atoms with Gasteiger partial charge in [0.05, 0.1) is 18.2 Å². The summed E-state index contributed by atoms with van der Waals surface area (Å²) < 4.78 is 10.4. The van der Waals surface area contributed by atoms with Crippen LogP contribution in [-0.4, -0.2) is 49.3 Å². The first-order valence-electron chi connectivity index (χ1n) is 10.8. The highest BCUT2D eigenvalue weighted by molar-refractivity contribution is 7.80. The maximum absolute atomic E-state index is 12.8. The predicted molar refractivity (Wildman–Crippen MR) is 132 cm³/mol. The molecule has 0 saturated heterocycles. The molecule has 1 aliphatic rings. The minimum Gasteiger partial charge on any atom is -0.460 e. The van der Waals surface area contributed by atoms with Gasteiger partial charge in [-0.25, -0.2) is 4.79 Å². The van der Waals surface area contributed by atoms with Gasteiger partial charge in [-0.2, -0.15) is 0 Å². The summed E-state index contributed by atoms with van der Waals surface area (Å²) in [6, 6.07) is 14.4. The van der Waals surface area contributed by atoms with Crippen molar-refractivity contribution in [3.8, 4) is 0 Å². The summed E-state index contributed by atoms with van der Waals surface area (Å²) in [5.41, 5.74) is 4.46. The number of thiocarbonyl (C=S) groups is 1. The van der Waals surface area contributed by atoms with Crippen molar-refractivity contribution in [3.63, 3.8) is 0 Å². The maximum Gasteiger partial charge on any atom is 0.338 e. The van der Waals surface area contributed by atoms with Crippen molar-refractivity contribution in [2.45, 2.75) is 26.3 Å². The van der Waals surface area contributed by atoms with E-state index >= 15 is 0 Å². The van der Waals surface area contributed by atoms with E-state index in [0.717, 1.165) is 17.7 Å². The molecule has 0 spiro atoms. The number of nitrogens with one attached hydrogen (secondary N) is 2. The maximum atomic E-state index is 12.8. The van der Waals surface area contributed by atoms with Crippen LogP contribution < -0.4 is 10.6 Å². The van der Waals surface area contributed by atoms with Crippen LogP contribution in [-0.2, 0) is 20.7 Å². The number of anilines is 1. The molecular formula is C25H29N3O4S. The second kappa shape index (κ2) is 11.1. The van der Waals surface area contributed by atoms with Crippen LogP contribution in [0.4, 0.5) is 5.69 Å². The minimum atomic E-state index is -0.463. The zero-order chi connectivity index (χ0) is 24.0. The Morgan fingerprint density at radius 2 is 1.76 bits per heavy atom. The molecule has 1 atom stereocenters. The van der Waals surface area contributed by atoms with Crippen molar-refractivity contribution in [1.82, 2.24) is 10.2 Å². The van der Waals surface area contributed by atoms with E-state index in [1.165, 1.54) is 5.56 Å². The number of allylic oxidation sites excluding steroid dienone is 1. The number of methoxy groups -OCH3 is 1. The number of esters is 1. The molecule has 0 fully saturated rings. The van der Waals surface area contributed by atoms with Crippen LogP contribution in [0.15, 0.2) is 59.8 Å². The largest absolute Gasteiger partial charge is 0.460 e. The predicted octanol–water partition coefficient (Wildman–Crippen LogP) is 3.83. The van der Waals surface area contributed by atoms with Crippen LogP contribution in [0.5, 0.6) is 0 Å². The van der Waals surface area contributed by atoms with Gasteiger partial charge in [0.15, 0.2) is 5.11 Å². The number of benzene rings is 2. The number of hydrogen-bond donors (Lipinski definition) is 2. The summed E-state index contributed by atoms with van der Waals surface area (Å²) in [7, 11) is 3.35. The van der Waals surface area contributed by atoms with E-state index in [4.69, 9.17) is 21.7 Å². The molecule has 174 valence electrons. The fourth-order valence-electron chi connectivity index (χ4n) is 3.50. The number of aryl methyl sites for hydroxylation is 1.